The van der Waals surface area contributed by atoms with Crippen molar-refractivity contribution in [2.24, 2.45) is 0 Å². The third-order valence-corrected chi connectivity index (χ3v) is 7.20. The fourth-order valence-electron chi connectivity index (χ4n) is 4.91. The van der Waals surface area contributed by atoms with Crippen molar-refractivity contribution >= 4 is 11.4 Å². The van der Waals surface area contributed by atoms with Gasteiger partial charge in [-0.1, -0.05) is 82.9 Å². The highest BCUT2D eigenvalue weighted by Crippen LogP contribution is 2.36. The van der Waals surface area contributed by atoms with Crippen LogP contribution in [0.4, 0.5) is 11.4 Å². The van der Waals surface area contributed by atoms with Gasteiger partial charge in [0.05, 0.1) is 6.61 Å². The van der Waals surface area contributed by atoms with Crippen LogP contribution in [0.25, 0.3) is 0 Å². The van der Waals surface area contributed by atoms with Crippen LogP contribution < -0.4 is 14.5 Å². The number of benzene rings is 2. The summed E-state index contributed by atoms with van der Waals surface area (Å²) in [6.45, 7) is 12.1. The summed E-state index contributed by atoms with van der Waals surface area (Å²) >= 11 is 0. The molecule has 4 nitrogen and oxygen atoms in total. The largest absolute Gasteiger partial charge is 0.493 e. The molecule has 37 heavy (non-hydrogen) atoms. The van der Waals surface area contributed by atoms with Crippen LogP contribution in [0.3, 0.4) is 0 Å². The normalized spacial score (nSPS) is 11.9. The van der Waals surface area contributed by atoms with Gasteiger partial charge in [-0.05, 0) is 51.0 Å². The molecule has 0 aromatic heterocycles. The predicted octanol–water partition coefficient (Wildman–Crippen LogP) is 9.02. The number of anilines is 2. The quantitative estimate of drug-likeness (QED) is 0.166. The van der Waals surface area contributed by atoms with Gasteiger partial charge in [0.25, 0.3) is 0 Å². The maximum Gasteiger partial charge on any atom is 0.127 e. The van der Waals surface area contributed by atoms with Crippen LogP contribution in [0.5, 0.6) is 5.75 Å². The Morgan fingerprint density at radius 1 is 0.676 bits per heavy atom. The Balaban J connectivity index is 2.08. The van der Waals surface area contributed by atoms with Crippen LogP contribution in [-0.4, -0.2) is 40.4 Å². The lowest BCUT2D eigenvalue weighted by Gasteiger charge is -2.26. The Kier molecular flexibility index (Phi) is 15.2. The molecule has 0 bridgehead atoms. The Labute approximate surface area is 228 Å². The van der Waals surface area contributed by atoms with Crippen molar-refractivity contribution in [3.8, 4) is 5.75 Å². The Morgan fingerprint density at radius 2 is 1.24 bits per heavy atom. The maximum absolute atomic E-state index is 6.62. The second-order valence-electron chi connectivity index (χ2n) is 10.2. The van der Waals surface area contributed by atoms with Gasteiger partial charge in [-0.2, -0.15) is 0 Å². The number of hydrogen-bond acceptors (Lipinski definition) is 4. The molecule has 0 aliphatic rings. The smallest absolute Gasteiger partial charge is 0.127 e. The summed E-state index contributed by atoms with van der Waals surface area (Å²) in [5.74, 6) is 0.927. The number of hydrogen-bond donors (Lipinski definition) is 0. The molecule has 208 valence electrons. The molecule has 0 saturated heterocycles. The first-order valence-corrected chi connectivity index (χ1v) is 15.0. The van der Waals surface area contributed by atoms with Crippen LogP contribution in [-0.2, 0) is 4.74 Å². The molecule has 2 aromatic carbocycles. The minimum absolute atomic E-state index is 0.137. The molecule has 0 aliphatic heterocycles. The van der Waals surface area contributed by atoms with Gasteiger partial charge in [0.1, 0.15) is 11.9 Å². The number of nitrogens with zero attached hydrogens (tertiary/aromatic N) is 2. The lowest BCUT2D eigenvalue weighted by Crippen LogP contribution is -2.22. The molecular formula is C33H54N2O2. The summed E-state index contributed by atoms with van der Waals surface area (Å²) in [7, 11) is 4.15. The second kappa shape index (κ2) is 18.1. The van der Waals surface area contributed by atoms with Crippen LogP contribution in [0.2, 0.25) is 0 Å². The first-order valence-electron chi connectivity index (χ1n) is 15.0. The third kappa shape index (κ3) is 10.6. The van der Waals surface area contributed by atoms with E-state index in [1.54, 1.807) is 0 Å². The third-order valence-electron chi connectivity index (χ3n) is 7.20. The zero-order valence-electron chi connectivity index (χ0n) is 24.7. The average molecular weight is 511 g/mol. The van der Waals surface area contributed by atoms with E-state index >= 15 is 0 Å². The molecule has 1 atom stereocenters. The lowest BCUT2D eigenvalue weighted by atomic mass is 9.99. The van der Waals surface area contributed by atoms with E-state index in [0.717, 1.165) is 37.4 Å². The zero-order chi connectivity index (χ0) is 26.9. The Morgan fingerprint density at radius 3 is 1.78 bits per heavy atom. The molecule has 0 N–H and O–H groups in total. The van der Waals surface area contributed by atoms with Crippen molar-refractivity contribution in [1.82, 2.24) is 0 Å². The zero-order valence-corrected chi connectivity index (χ0v) is 24.7. The molecule has 2 aromatic rings. The fraction of sp³-hybridized carbons (Fsp3) is 0.636. The maximum atomic E-state index is 6.62. The number of unbranched alkanes of at least 4 members (excludes halogenated alkanes) is 9. The van der Waals surface area contributed by atoms with Gasteiger partial charge in [-0.3, -0.25) is 0 Å². The molecular weight excluding hydrogens is 456 g/mol. The Bertz CT molecular complexity index is 846. The predicted molar refractivity (Wildman–Crippen MR) is 162 cm³/mol. The van der Waals surface area contributed by atoms with E-state index in [2.05, 4.69) is 94.1 Å². The van der Waals surface area contributed by atoms with Crippen molar-refractivity contribution in [1.29, 1.82) is 0 Å². The van der Waals surface area contributed by atoms with Crippen LogP contribution in [0, 0.1) is 0 Å². The summed E-state index contributed by atoms with van der Waals surface area (Å²) in [6, 6.07) is 15.4. The van der Waals surface area contributed by atoms with Crippen LogP contribution in [0.15, 0.2) is 42.5 Å². The molecule has 4 heteroatoms. The van der Waals surface area contributed by atoms with E-state index in [0.29, 0.717) is 6.61 Å². The fourth-order valence-corrected chi connectivity index (χ4v) is 4.91. The summed E-state index contributed by atoms with van der Waals surface area (Å²) in [4.78, 5) is 4.49. The first kappa shape index (κ1) is 31.0. The summed E-state index contributed by atoms with van der Waals surface area (Å²) < 4.78 is 12.8. The van der Waals surface area contributed by atoms with E-state index < -0.39 is 0 Å². The Hall–Kier alpha value is -2.20. The summed E-state index contributed by atoms with van der Waals surface area (Å²) in [5.41, 5.74) is 4.68. The lowest BCUT2D eigenvalue weighted by molar-refractivity contribution is 0.0747. The van der Waals surface area contributed by atoms with E-state index in [4.69, 9.17) is 9.47 Å². The molecule has 0 saturated carbocycles. The van der Waals surface area contributed by atoms with Crippen LogP contribution >= 0.6 is 0 Å². The van der Waals surface area contributed by atoms with Crippen molar-refractivity contribution < 1.29 is 9.47 Å². The van der Waals surface area contributed by atoms with E-state index in [-0.39, 0.29) is 6.10 Å². The highest BCUT2D eigenvalue weighted by Gasteiger charge is 2.21. The van der Waals surface area contributed by atoms with E-state index in [1.165, 1.54) is 74.7 Å². The molecule has 1 unspecified atom stereocenters. The molecule has 0 fully saturated rings. The summed E-state index contributed by atoms with van der Waals surface area (Å²) in [5, 5.41) is 0. The van der Waals surface area contributed by atoms with Crippen LogP contribution in [0.1, 0.15) is 109 Å². The van der Waals surface area contributed by atoms with Crippen molar-refractivity contribution in [3.05, 3.63) is 53.6 Å². The number of rotatable bonds is 20. The van der Waals surface area contributed by atoms with Gasteiger partial charge in [0, 0.05) is 56.8 Å². The standard InChI is InChI=1S/C33H54N2O2/c1-7-11-12-13-14-15-16-17-18-19-26-37-33(28-20-22-29(23-21-28)34(5)6)31-25-24-30(35(8-2)9-3)27-32(31)36-10-4/h20-25,27,33H,7-19,26H2,1-6H3. The van der Waals surface area contributed by atoms with Gasteiger partial charge < -0.3 is 19.3 Å². The molecule has 0 heterocycles. The van der Waals surface area contributed by atoms with Crippen molar-refractivity contribution in [3.63, 3.8) is 0 Å². The van der Waals surface area contributed by atoms with Gasteiger partial charge in [0.15, 0.2) is 0 Å². The average Bonchev–Trinajstić information content (AvgIpc) is 2.91. The van der Waals surface area contributed by atoms with Crippen molar-refractivity contribution in [2.75, 3.05) is 50.2 Å². The minimum Gasteiger partial charge on any atom is -0.493 e. The number of ether oxygens (including phenoxy) is 2. The molecule has 0 radical (unpaired) electrons. The monoisotopic (exact) mass is 510 g/mol. The van der Waals surface area contributed by atoms with E-state index in [1.807, 2.05) is 0 Å². The first-order chi connectivity index (χ1) is 18.0. The molecule has 0 amide bonds. The van der Waals surface area contributed by atoms with Crippen molar-refractivity contribution in [2.45, 2.75) is 98.0 Å². The second-order valence-corrected chi connectivity index (χ2v) is 10.2. The van der Waals surface area contributed by atoms with E-state index in [9.17, 15) is 0 Å². The minimum atomic E-state index is -0.137. The van der Waals surface area contributed by atoms with Gasteiger partial charge >= 0.3 is 0 Å². The summed E-state index contributed by atoms with van der Waals surface area (Å²) in [6.07, 6.45) is 13.2. The topological polar surface area (TPSA) is 24.9 Å². The molecule has 0 spiro atoms. The highest BCUT2D eigenvalue weighted by molar-refractivity contribution is 5.56. The molecule has 0 aliphatic carbocycles. The van der Waals surface area contributed by atoms with Gasteiger partial charge in [0.2, 0.25) is 0 Å². The molecule has 2 rings (SSSR count). The SMILES string of the molecule is CCCCCCCCCCCCOC(c1ccc(N(C)C)cc1)c1ccc(N(CC)CC)cc1OCC. The van der Waals surface area contributed by atoms with Gasteiger partial charge in [-0.25, -0.2) is 0 Å². The van der Waals surface area contributed by atoms with Gasteiger partial charge in [-0.15, -0.1) is 0 Å². The highest BCUT2D eigenvalue weighted by atomic mass is 16.5.